The number of hydrogen-bond donors (Lipinski definition) is 1. The van der Waals surface area contributed by atoms with Crippen LogP contribution in [0.1, 0.15) is 11.1 Å². The van der Waals surface area contributed by atoms with Crippen molar-refractivity contribution in [3.63, 3.8) is 0 Å². The third kappa shape index (κ3) is 6.19. The predicted octanol–water partition coefficient (Wildman–Crippen LogP) is 2.59. The Labute approximate surface area is 169 Å². The van der Waals surface area contributed by atoms with Gasteiger partial charge in [0.2, 0.25) is 0 Å². The first-order chi connectivity index (χ1) is 14.1. The summed E-state index contributed by atoms with van der Waals surface area (Å²) in [5.41, 5.74) is 3.01. The monoisotopic (exact) mass is 391 g/mol. The quantitative estimate of drug-likeness (QED) is 0.601. The topological polar surface area (TPSA) is 91.7 Å². The molecule has 0 bridgehead atoms. The van der Waals surface area contributed by atoms with Crippen molar-refractivity contribution in [2.24, 2.45) is 0 Å². The minimum Gasteiger partial charge on any atom is -0.452 e. The fourth-order valence-corrected chi connectivity index (χ4v) is 2.79. The summed E-state index contributed by atoms with van der Waals surface area (Å²) < 4.78 is 10.3. The van der Waals surface area contributed by atoms with Crippen molar-refractivity contribution >= 4 is 29.3 Å². The number of ether oxygens (including phenoxy) is 2. The van der Waals surface area contributed by atoms with Crippen molar-refractivity contribution < 1.29 is 19.1 Å². The summed E-state index contributed by atoms with van der Waals surface area (Å²) in [6.45, 7) is 2.74. The molecule has 0 atom stereocenters. The molecule has 3 rings (SSSR count). The highest BCUT2D eigenvalue weighted by Crippen LogP contribution is 2.19. The van der Waals surface area contributed by atoms with Crippen LogP contribution in [0.5, 0.6) is 0 Å². The van der Waals surface area contributed by atoms with Crippen molar-refractivity contribution in [2.75, 3.05) is 43.1 Å². The average molecular weight is 391 g/mol. The van der Waals surface area contributed by atoms with Crippen LogP contribution in [0, 0.1) is 11.3 Å². The van der Waals surface area contributed by atoms with E-state index in [-0.39, 0.29) is 6.61 Å². The van der Waals surface area contributed by atoms with E-state index in [1.165, 1.54) is 6.08 Å². The molecule has 1 amide bonds. The highest BCUT2D eigenvalue weighted by Gasteiger charge is 2.11. The normalized spacial score (nSPS) is 13.7. The molecule has 7 nitrogen and oxygen atoms in total. The fourth-order valence-electron chi connectivity index (χ4n) is 2.79. The molecule has 1 saturated heterocycles. The Kier molecular flexibility index (Phi) is 6.98. The van der Waals surface area contributed by atoms with Gasteiger partial charge in [0.25, 0.3) is 5.91 Å². The highest BCUT2D eigenvalue weighted by atomic mass is 16.5. The van der Waals surface area contributed by atoms with Gasteiger partial charge in [-0.1, -0.05) is 12.1 Å². The number of benzene rings is 2. The van der Waals surface area contributed by atoms with Crippen LogP contribution in [0.25, 0.3) is 6.08 Å². The van der Waals surface area contributed by atoms with Crippen LogP contribution in [0.2, 0.25) is 0 Å². The van der Waals surface area contributed by atoms with E-state index in [1.807, 2.05) is 30.3 Å². The molecule has 1 N–H and O–H groups in total. The maximum absolute atomic E-state index is 12.0. The number of morpholine rings is 1. The highest BCUT2D eigenvalue weighted by molar-refractivity contribution is 5.94. The number of hydrogen-bond acceptors (Lipinski definition) is 6. The van der Waals surface area contributed by atoms with Crippen LogP contribution in [0.15, 0.2) is 54.6 Å². The summed E-state index contributed by atoms with van der Waals surface area (Å²) in [6, 6.07) is 16.3. The third-order valence-electron chi connectivity index (χ3n) is 4.32. The molecule has 1 heterocycles. The predicted molar refractivity (Wildman–Crippen MR) is 109 cm³/mol. The maximum atomic E-state index is 12.0. The van der Waals surface area contributed by atoms with Gasteiger partial charge in [-0.15, -0.1) is 0 Å². The Morgan fingerprint density at radius 1 is 1.10 bits per heavy atom. The van der Waals surface area contributed by atoms with Crippen LogP contribution in [0.3, 0.4) is 0 Å². The summed E-state index contributed by atoms with van der Waals surface area (Å²) in [5, 5.41) is 11.5. The second-order valence-electron chi connectivity index (χ2n) is 6.37. The van der Waals surface area contributed by atoms with Gasteiger partial charge in [0.15, 0.2) is 6.61 Å². The van der Waals surface area contributed by atoms with E-state index in [4.69, 9.17) is 14.7 Å². The molecule has 0 unspecified atom stereocenters. The number of amides is 1. The summed E-state index contributed by atoms with van der Waals surface area (Å²) in [7, 11) is 0. The largest absolute Gasteiger partial charge is 0.452 e. The first-order valence-corrected chi connectivity index (χ1v) is 9.22. The Morgan fingerprint density at radius 3 is 2.45 bits per heavy atom. The number of esters is 1. The Morgan fingerprint density at radius 2 is 1.79 bits per heavy atom. The summed E-state index contributed by atoms with van der Waals surface area (Å²) in [5.74, 6) is -1.03. The van der Waals surface area contributed by atoms with Gasteiger partial charge in [0, 0.05) is 30.5 Å². The standard InChI is InChI=1S/C22H21N3O4/c23-15-18-3-1-17(2-4-18)5-10-22(27)29-16-21(26)24-19-6-8-20(9-7-19)25-11-13-28-14-12-25/h1-10H,11-14,16H2,(H,24,26)/b10-5+. The van der Waals surface area contributed by atoms with Crippen molar-refractivity contribution in [2.45, 2.75) is 0 Å². The molecule has 0 saturated carbocycles. The third-order valence-corrected chi connectivity index (χ3v) is 4.32. The number of nitrogens with one attached hydrogen (secondary N) is 1. The number of nitrogens with zero attached hydrogens (tertiary/aromatic N) is 2. The molecule has 7 heteroatoms. The Balaban J connectivity index is 1.43. The molecule has 1 aliphatic rings. The molecule has 2 aromatic rings. The first kappa shape index (κ1) is 20.1. The molecule has 29 heavy (non-hydrogen) atoms. The number of rotatable bonds is 6. The first-order valence-electron chi connectivity index (χ1n) is 9.22. The van der Waals surface area contributed by atoms with Crippen LogP contribution in [-0.4, -0.2) is 44.8 Å². The van der Waals surface area contributed by atoms with Crippen molar-refractivity contribution in [1.82, 2.24) is 0 Å². The van der Waals surface area contributed by atoms with Gasteiger partial charge in [-0.25, -0.2) is 4.79 Å². The van der Waals surface area contributed by atoms with Gasteiger partial charge in [0.05, 0.1) is 24.8 Å². The van der Waals surface area contributed by atoms with Gasteiger partial charge >= 0.3 is 5.97 Å². The second-order valence-corrected chi connectivity index (χ2v) is 6.37. The summed E-state index contributed by atoms with van der Waals surface area (Å²) >= 11 is 0. The molecule has 2 aromatic carbocycles. The molecule has 0 spiro atoms. The molecule has 148 valence electrons. The van der Waals surface area contributed by atoms with Gasteiger partial charge in [-0.05, 0) is 48.0 Å². The van der Waals surface area contributed by atoms with Crippen molar-refractivity contribution in [3.05, 3.63) is 65.7 Å². The molecule has 0 radical (unpaired) electrons. The van der Waals surface area contributed by atoms with Gasteiger partial charge in [0.1, 0.15) is 0 Å². The minimum atomic E-state index is -0.618. The van der Waals surface area contributed by atoms with Crippen LogP contribution < -0.4 is 10.2 Å². The van der Waals surface area contributed by atoms with Gasteiger partial charge in [-0.3, -0.25) is 4.79 Å². The molecular weight excluding hydrogens is 370 g/mol. The smallest absolute Gasteiger partial charge is 0.331 e. The zero-order valence-electron chi connectivity index (χ0n) is 15.8. The number of carbonyl (C=O) groups is 2. The molecule has 1 fully saturated rings. The van der Waals surface area contributed by atoms with Crippen molar-refractivity contribution in [1.29, 1.82) is 5.26 Å². The number of carbonyl (C=O) groups excluding carboxylic acids is 2. The zero-order chi connectivity index (χ0) is 20.5. The van der Waals surface area contributed by atoms with Crippen molar-refractivity contribution in [3.8, 4) is 6.07 Å². The number of anilines is 2. The lowest BCUT2D eigenvalue weighted by atomic mass is 10.1. The maximum Gasteiger partial charge on any atom is 0.331 e. The Bertz CT molecular complexity index is 909. The number of nitriles is 1. The SMILES string of the molecule is N#Cc1ccc(/C=C/C(=O)OCC(=O)Nc2ccc(N3CCOCC3)cc2)cc1. The van der Waals surface area contributed by atoms with E-state index in [0.717, 1.165) is 24.3 Å². The summed E-state index contributed by atoms with van der Waals surface area (Å²) in [6.07, 6.45) is 2.80. The second kappa shape index (κ2) is 10.1. The van der Waals surface area contributed by atoms with E-state index in [1.54, 1.807) is 30.3 Å². The van der Waals surface area contributed by atoms with E-state index in [9.17, 15) is 9.59 Å². The molecule has 1 aliphatic heterocycles. The average Bonchev–Trinajstić information content (AvgIpc) is 2.78. The molecular formula is C22H21N3O4. The zero-order valence-corrected chi connectivity index (χ0v) is 15.8. The van der Waals surface area contributed by atoms with E-state index in [0.29, 0.717) is 24.5 Å². The van der Waals surface area contributed by atoms with Gasteiger partial charge < -0.3 is 19.7 Å². The van der Waals surface area contributed by atoms with E-state index >= 15 is 0 Å². The minimum absolute atomic E-state index is 0.373. The van der Waals surface area contributed by atoms with Gasteiger partial charge in [-0.2, -0.15) is 5.26 Å². The molecule has 0 aromatic heterocycles. The van der Waals surface area contributed by atoms with Crippen LogP contribution in [-0.2, 0) is 19.1 Å². The lowest BCUT2D eigenvalue weighted by Gasteiger charge is -2.28. The Hall–Kier alpha value is -3.63. The van der Waals surface area contributed by atoms with Crippen LogP contribution >= 0.6 is 0 Å². The lowest BCUT2D eigenvalue weighted by molar-refractivity contribution is -0.142. The van der Waals surface area contributed by atoms with E-state index in [2.05, 4.69) is 10.2 Å². The fraction of sp³-hybridized carbons (Fsp3) is 0.227. The van der Waals surface area contributed by atoms with Crippen LogP contribution in [0.4, 0.5) is 11.4 Å². The summed E-state index contributed by atoms with van der Waals surface area (Å²) in [4.78, 5) is 26.0. The molecule has 0 aliphatic carbocycles. The lowest BCUT2D eigenvalue weighted by Crippen LogP contribution is -2.36. The van der Waals surface area contributed by atoms with E-state index < -0.39 is 11.9 Å².